The number of hydrogen-bond acceptors (Lipinski definition) is 7. The molecule has 1 N–H and O–H groups in total. The maximum atomic E-state index is 12.9. The lowest BCUT2D eigenvalue weighted by atomic mass is 10.1. The molecule has 2 aromatic heterocycles. The molecule has 198 valence electrons. The van der Waals surface area contributed by atoms with Crippen LogP contribution in [0.25, 0.3) is 11.0 Å². The minimum Gasteiger partial charge on any atom is -0.464 e. The number of esters is 1. The Balaban J connectivity index is 1.59. The Morgan fingerprint density at radius 1 is 1.32 bits per heavy atom. The number of aromatic nitrogens is 2. The van der Waals surface area contributed by atoms with Gasteiger partial charge in [-0.2, -0.15) is 0 Å². The molecule has 2 amide bonds. The van der Waals surface area contributed by atoms with Gasteiger partial charge in [-0.3, -0.25) is 14.5 Å². The van der Waals surface area contributed by atoms with E-state index in [0.29, 0.717) is 31.5 Å². The number of pyridine rings is 2. The zero-order chi connectivity index (χ0) is 27.3. The number of carbonyl (C=O) groups excluding carboxylic acids is 3. The van der Waals surface area contributed by atoms with E-state index in [2.05, 4.69) is 16.2 Å². The second kappa shape index (κ2) is 11.6. The fraction of sp³-hybridized carbons (Fsp3) is 0.500. The predicted octanol–water partition coefficient (Wildman–Crippen LogP) is 3.13. The average Bonchev–Trinajstić information content (AvgIpc) is 3.30. The molecule has 3 rings (SSSR count). The van der Waals surface area contributed by atoms with Crippen LogP contribution in [0.4, 0.5) is 4.79 Å². The number of nitrogens with one attached hydrogen (secondary N) is 1. The number of amides is 2. The van der Waals surface area contributed by atoms with Crippen LogP contribution < -0.4 is 10.7 Å². The number of ether oxygens (including phenoxy) is 2. The molecule has 1 aliphatic rings. The van der Waals surface area contributed by atoms with Crippen molar-refractivity contribution in [2.75, 3.05) is 13.2 Å². The first kappa shape index (κ1) is 28.0. The summed E-state index contributed by atoms with van der Waals surface area (Å²) >= 11 is 5.96. The first-order valence-electron chi connectivity index (χ1n) is 12.0. The van der Waals surface area contributed by atoms with Crippen LogP contribution in [0.1, 0.15) is 57.3 Å². The average molecular weight is 531 g/mol. The van der Waals surface area contributed by atoms with Crippen molar-refractivity contribution in [1.82, 2.24) is 19.8 Å². The quantitative estimate of drug-likeness (QED) is 0.332. The highest BCUT2D eigenvalue weighted by Crippen LogP contribution is 2.22. The molecule has 10 nitrogen and oxygen atoms in total. The molecule has 1 aliphatic heterocycles. The molecule has 1 saturated heterocycles. The summed E-state index contributed by atoms with van der Waals surface area (Å²) < 4.78 is 12.3. The largest absolute Gasteiger partial charge is 0.464 e. The lowest BCUT2D eigenvalue weighted by molar-refractivity contribution is -0.149. The molecule has 0 saturated carbocycles. The number of carbonyl (C=O) groups is 3. The molecule has 0 bridgehead atoms. The van der Waals surface area contributed by atoms with Crippen molar-refractivity contribution in [3.63, 3.8) is 0 Å². The summed E-state index contributed by atoms with van der Waals surface area (Å²) in [5.41, 5.74) is -0.957. The topological polar surface area (TPSA) is 120 Å². The first-order chi connectivity index (χ1) is 17.4. The standard InChI is InChI=1S/C26H31ClN4O6/c1-6-12-30-15-18(21(32)17-9-10-20(27)29-22(17)30)23(33)28-16(2)11-14-36-24(34)19-8-7-13-31(19)25(35)37-26(3,4)5/h1,9-10,15-16,19H,7-8,11-14H2,2-5H3,(H,28,33)/t16-,19+/m0/s1. The molecule has 37 heavy (non-hydrogen) atoms. The molecular weight excluding hydrogens is 500 g/mol. The zero-order valence-electron chi connectivity index (χ0n) is 21.4. The van der Waals surface area contributed by atoms with E-state index in [4.69, 9.17) is 27.5 Å². The Labute approximate surface area is 220 Å². The van der Waals surface area contributed by atoms with Gasteiger partial charge in [-0.15, -0.1) is 6.42 Å². The molecule has 0 aromatic carbocycles. The van der Waals surface area contributed by atoms with Crippen molar-refractivity contribution in [3.05, 3.63) is 39.3 Å². The van der Waals surface area contributed by atoms with Gasteiger partial charge >= 0.3 is 12.1 Å². The summed E-state index contributed by atoms with van der Waals surface area (Å²) in [6.07, 6.45) is 7.73. The van der Waals surface area contributed by atoms with Crippen molar-refractivity contribution in [3.8, 4) is 12.3 Å². The van der Waals surface area contributed by atoms with Crippen LogP contribution in [0.5, 0.6) is 0 Å². The Bertz CT molecular complexity index is 1290. The third-order valence-electron chi connectivity index (χ3n) is 5.72. The summed E-state index contributed by atoms with van der Waals surface area (Å²) in [7, 11) is 0. The van der Waals surface area contributed by atoms with E-state index < -0.39 is 41.1 Å². The molecular formula is C26H31ClN4O6. The molecule has 0 spiro atoms. The minimum absolute atomic E-state index is 0.0282. The summed E-state index contributed by atoms with van der Waals surface area (Å²) in [5, 5.41) is 3.17. The number of likely N-dealkylation sites (tertiary alicyclic amines) is 1. The Kier molecular flexibility index (Phi) is 8.81. The normalized spacial score (nSPS) is 16.2. The molecule has 0 aliphatic carbocycles. The highest BCUT2D eigenvalue weighted by molar-refractivity contribution is 6.29. The van der Waals surface area contributed by atoms with Crippen LogP contribution in [0.15, 0.2) is 23.1 Å². The van der Waals surface area contributed by atoms with Crippen LogP contribution in [0.2, 0.25) is 5.15 Å². The fourth-order valence-corrected chi connectivity index (χ4v) is 4.12. The lowest BCUT2D eigenvalue weighted by Gasteiger charge is -2.27. The Morgan fingerprint density at radius 2 is 2.05 bits per heavy atom. The van der Waals surface area contributed by atoms with Crippen molar-refractivity contribution in [2.45, 2.75) is 71.2 Å². The smallest absolute Gasteiger partial charge is 0.411 e. The number of hydrogen-bond donors (Lipinski definition) is 1. The molecule has 2 atom stereocenters. The van der Waals surface area contributed by atoms with Crippen LogP contribution in [0, 0.1) is 12.3 Å². The summed E-state index contributed by atoms with van der Waals surface area (Å²) in [6, 6.07) is 1.86. The van der Waals surface area contributed by atoms with Crippen molar-refractivity contribution < 1.29 is 23.9 Å². The molecule has 2 aromatic rings. The third kappa shape index (κ3) is 7.01. The van der Waals surface area contributed by atoms with Gasteiger partial charge in [0, 0.05) is 25.2 Å². The number of nitrogens with zero attached hydrogens (tertiary/aromatic N) is 3. The van der Waals surface area contributed by atoms with Gasteiger partial charge in [0.1, 0.15) is 28.0 Å². The van der Waals surface area contributed by atoms with Crippen LogP contribution in [-0.4, -0.2) is 63.3 Å². The second-order valence-electron chi connectivity index (χ2n) is 9.87. The van der Waals surface area contributed by atoms with Crippen molar-refractivity contribution in [2.24, 2.45) is 0 Å². The van der Waals surface area contributed by atoms with Gasteiger partial charge in [-0.05, 0) is 52.7 Å². The fourth-order valence-electron chi connectivity index (χ4n) is 3.98. The van der Waals surface area contributed by atoms with E-state index in [1.54, 1.807) is 27.7 Å². The van der Waals surface area contributed by atoms with E-state index in [9.17, 15) is 19.2 Å². The van der Waals surface area contributed by atoms with Crippen molar-refractivity contribution in [1.29, 1.82) is 0 Å². The van der Waals surface area contributed by atoms with E-state index in [1.807, 2.05) is 0 Å². The molecule has 0 unspecified atom stereocenters. The van der Waals surface area contributed by atoms with Gasteiger partial charge in [0.05, 0.1) is 18.5 Å². The monoisotopic (exact) mass is 530 g/mol. The predicted molar refractivity (Wildman–Crippen MR) is 138 cm³/mol. The van der Waals surface area contributed by atoms with E-state index in [1.165, 1.54) is 27.8 Å². The van der Waals surface area contributed by atoms with Crippen molar-refractivity contribution >= 4 is 40.6 Å². The van der Waals surface area contributed by atoms with Crippen LogP contribution in [0.3, 0.4) is 0 Å². The molecule has 11 heteroatoms. The molecule has 1 fully saturated rings. The SMILES string of the molecule is C#CCn1cc(C(=O)N[C@@H](C)CCOC(=O)[C@H]2CCCN2C(=O)OC(C)(C)C)c(=O)c2ccc(Cl)nc21. The Hall–Kier alpha value is -3.58. The number of rotatable bonds is 7. The first-order valence-corrected chi connectivity index (χ1v) is 12.4. The number of fused-ring (bicyclic) bond motifs is 1. The molecule has 0 radical (unpaired) electrons. The van der Waals surface area contributed by atoms with Crippen LogP contribution >= 0.6 is 11.6 Å². The lowest BCUT2D eigenvalue weighted by Crippen LogP contribution is -2.44. The van der Waals surface area contributed by atoms with Gasteiger partial charge in [0.2, 0.25) is 5.43 Å². The minimum atomic E-state index is -0.700. The zero-order valence-corrected chi connectivity index (χ0v) is 22.1. The number of halogens is 1. The Morgan fingerprint density at radius 3 is 2.73 bits per heavy atom. The molecule has 3 heterocycles. The van der Waals surface area contributed by atoms with Gasteiger partial charge in [0.25, 0.3) is 5.91 Å². The summed E-state index contributed by atoms with van der Waals surface area (Å²) in [5.74, 6) is 1.37. The van der Waals surface area contributed by atoms with Gasteiger partial charge in [-0.1, -0.05) is 17.5 Å². The van der Waals surface area contributed by atoms with E-state index in [0.717, 1.165) is 0 Å². The third-order valence-corrected chi connectivity index (χ3v) is 5.93. The van der Waals surface area contributed by atoms with Gasteiger partial charge < -0.3 is 19.4 Å². The summed E-state index contributed by atoms with van der Waals surface area (Å²) in [4.78, 5) is 56.4. The highest BCUT2D eigenvalue weighted by atomic mass is 35.5. The van der Waals surface area contributed by atoms with E-state index >= 15 is 0 Å². The van der Waals surface area contributed by atoms with Crippen LogP contribution in [-0.2, 0) is 20.8 Å². The second-order valence-corrected chi connectivity index (χ2v) is 10.3. The maximum Gasteiger partial charge on any atom is 0.411 e. The highest BCUT2D eigenvalue weighted by Gasteiger charge is 2.37. The van der Waals surface area contributed by atoms with Gasteiger partial charge in [0.15, 0.2) is 0 Å². The van der Waals surface area contributed by atoms with Gasteiger partial charge in [-0.25, -0.2) is 14.6 Å². The maximum absolute atomic E-state index is 12.9. The van der Waals surface area contributed by atoms with E-state index in [-0.39, 0.29) is 29.3 Å². The summed E-state index contributed by atoms with van der Waals surface area (Å²) in [6.45, 7) is 7.57. The number of terminal acetylenes is 1.